The Balaban J connectivity index is 4.06. The molecule has 0 aliphatic rings. The summed E-state index contributed by atoms with van der Waals surface area (Å²) in [5.41, 5.74) is 0. The lowest BCUT2D eigenvalue weighted by molar-refractivity contribution is -0.167. The Morgan fingerprint density at radius 2 is 0.520 bits per heavy atom. The summed E-state index contributed by atoms with van der Waals surface area (Å²) >= 11 is 0. The van der Waals surface area contributed by atoms with Crippen LogP contribution < -0.4 is 0 Å². The van der Waals surface area contributed by atoms with Gasteiger partial charge in [0.25, 0.3) is 0 Å². The number of unbranched alkanes of at least 4 members (excludes halogenated alkanes) is 33. The Labute approximate surface area is 465 Å². The van der Waals surface area contributed by atoms with Crippen molar-refractivity contribution in [1.82, 2.24) is 0 Å². The molecule has 0 heterocycles. The molecule has 0 aromatic heterocycles. The predicted octanol–water partition coefficient (Wildman–Crippen LogP) is 21.9. The Morgan fingerprint density at radius 3 is 0.813 bits per heavy atom. The van der Waals surface area contributed by atoms with Crippen LogP contribution in [0.25, 0.3) is 0 Å². The first-order chi connectivity index (χ1) is 37.0. The van der Waals surface area contributed by atoms with Gasteiger partial charge in [0.2, 0.25) is 0 Å². The molecule has 432 valence electrons. The van der Waals surface area contributed by atoms with Crippen LogP contribution in [0.2, 0.25) is 0 Å². The zero-order chi connectivity index (χ0) is 54.3. The maximum atomic E-state index is 12.8. The fraction of sp³-hybridized carbons (Fsp3) is 0.754. The van der Waals surface area contributed by atoms with Crippen molar-refractivity contribution in [3.63, 3.8) is 0 Å². The molecule has 0 aliphatic carbocycles. The molecule has 0 saturated heterocycles. The molecule has 75 heavy (non-hydrogen) atoms. The minimum absolute atomic E-state index is 0.0702. The van der Waals surface area contributed by atoms with E-state index in [-0.39, 0.29) is 31.1 Å². The molecule has 0 N–H and O–H groups in total. The number of carbonyl (C=O) groups excluding carboxylic acids is 3. The summed E-state index contributed by atoms with van der Waals surface area (Å²) in [6, 6.07) is 0. The van der Waals surface area contributed by atoms with E-state index in [1.807, 2.05) is 0 Å². The molecule has 0 aliphatic heterocycles. The van der Waals surface area contributed by atoms with Crippen molar-refractivity contribution in [3.8, 4) is 0 Å². The van der Waals surface area contributed by atoms with Crippen LogP contribution in [0.15, 0.2) is 85.1 Å². The summed E-state index contributed by atoms with van der Waals surface area (Å²) in [4.78, 5) is 38.1. The first-order valence-electron chi connectivity index (χ1n) is 32.1. The van der Waals surface area contributed by atoms with Crippen LogP contribution in [0.5, 0.6) is 0 Å². The number of hydrogen-bond donors (Lipinski definition) is 0. The van der Waals surface area contributed by atoms with Crippen LogP contribution in [0.4, 0.5) is 0 Å². The smallest absolute Gasteiger partial charge is 0.306 e. The SMILES string of the molecule is CC/C=C\C/C=C\C/C=C\C/C=C\C/C=C\C/C=C\C/C=C\CCCCCCCCCCCCCCCC(=O)OCC(COC(=O)CCCCCCCCCCCCC)OC(=O)CCCCCCCCCCCCC. The molecule has 0 amide bonds. The van der Waals surface area contributed by atoms with Gasteiger partial charge in [0.05, 0.1) is 0 Å². The Morgan fingerprint density at radius 1 is 0.280 bits per heavy atom. The summed E-state index contributed by atoms with van der Waals surface area (Å²) < 4.78 is 16.9. The first kappa shape index (κ1) is 71.6. The maximum absolute atomic E-state index is 12.8. The average molecular weight is 1050 g/mol. The molecule has 0 saturated carbocycles. The quantitative estimate of drug-likeness (QED) is 0.0261. The van der Waals surface area contributed by atoms with Gasteiger partial charge in [0.15, 0.2) is 6.10 Å². The highest BCUT2D eigenvalue weighted by Gasteiger charge is 2.19. The molecular formula is C69H120O6. The molecular weight excluding hydrogens is 925 g/mol. The summed E-state index contributed by atoms with van der Waals surface area (Å²) in [5, 5.41) is 0. The van der Waals surface area contributed by atoms with Crippen LogP contribution in [-0.4, -0.2) is 37.2 Å². The highest BCUT2D eigenvalue weighted by molar-refractivity contribution is 5.71. The van der Waals surface area contributed by atoms with Crippen molar-refractivity contribution < 1.29 is 28.6 Å². The number of ether oxygens (including phenoxy) is 3. The zero-order valence-electron chi connectivity index (χ0n) is 49.6. The van der Waals surface area contributed by atoms with Gasteiger partial charge in [-0.3, -0.25) is 14.4 Å². The summed E-state index contributed by atoms with van der Waals surface area (Å²) in [5.74, 6) is -0.860. The van der Waals surface area contributed by atoms with Gasteiger partial charge in [-0.15, -0.1) is 0 Å². The lowest BCUT2D eigenvalue weighted by atomic mass is 10.0. The van der Waals surface area contributed by atoms with Gasteiger partial charge in [0, 0.05) is 19.3 Å². The summed E-state index contributed by atoms with van der Waals surface area (Å²) in [6.07, 6.45) is 83.2. The molecule has 0 radical (unpaired) electrons. The van der Waals surface area contributed by atoms with Gasteiger partial charge in [0.1, 0.15) is 13.2 Å². The van der Waals surface area contributed by atoms with Gasteiger partial charge in [-0.25, -0.2) is 0 Å². The highest BCUT2D eigenvalue weighted by Crippen LogP contribution is 2.17. The van der Waals surface area contributed by atoms with Crippen molar-refractivity contribution in [2.24, 2.45) is 0 Å². The second-order valence-corrected chi connectivity index (χ2v) is 21.3. The minimum Gasteiger partial charge on any atom is -0.462 e. The molecule has 6 nitrogen and oxygen atoms in total. The summed E-state index contributed by atoms with van der Waals surface area (Å²) in [7, 11) is 0. The van der Waals surface area contributed by atoms with Crippen molar-refractivity contribution in [1.29, 1.82) is 0 Å². The van der Waals surface area contributed by atoms with E-state index in [0.29, 0.717) is 19.3 Å². The molecule has 0 aromatic rings. The number of allylic oxidation sites excluding steroid dienone is 14. The normalized spacial score (nSPS) is 12.6. The van der Waals surface area contributed by atoms with Gasteiger partial charge in [-0.05, 0) is 77.0 Å². The molecule has 0 fully saturated rings. The molecule has 1 atom stereocenters. The number of rotatable bonds is 58. The van der Waals surface area contributed by atoms with Crippen LogP contribution in [0.1, 0.15) is 316 Å². The Kier molecular flexibility index (Phi) is 60.3. The third-order valence-corrected chi connectivity index (χ3v) is 13.9. The van der Waals surface area contributed by atoms with Crippen molar-refractivity contribution in [2.75, 3.05) is 13.2 Å². The van der Waals surface area contributed by atoms with E-state index in [1.54, 1.807) is 0 Å². The maximum Gasteiger partial charge on any atom is 0.306 e. The van der Waals surface area contributed by atoms with Crippen molar-refractivity contribution >= 4 is 17.9 Å². The molecule has 0 aromatic carbocycles. The molecule has 0 spiro atoms. The van der Waals surface area contributed by atoms with Crippen LogP contribution in [0.3, 0.4) is 0 Å². The number of carbonyl (C=O) groups is 3. The van der Waals surface area contributed by atoms with Crippen LogP contribution in [0, 0.1) is 0 Å². The van der Waals surface area contributed by atoms with E-state index in [9.17, 15) is 14.4 Å². The zero-order valence-corrected chi connectivity index (χ0v) is 49.6. The minimum atomic E-state index is -0.770. The third-order valence-electron chi connectivity index (χ3n) is 13.9. The molecule has 0 rings (SSSR count). The van der Waals surface area contributed by atoms with E-state index in [1.165, 1.54) is 173 Å². The standard InChI is InChI=1S/C69H120O6/c1-4-7-10-13-16-19-22-23-24-25-26-27-28-29-30-31-32-33-34-35-36-37-38-39-40-41-42-43-44-45-48-50-53-56-59-62-68(71)74-65-66(75-69(72)63-60-57-54-51-47-21-18-15-12-9-6-3)64-73-67(70)61-58-55-52-49-46-20-17-14-11-8-5-2/h7,10,16,19,23-24,26-27,29-30,32-33,35-36,66H,4-6,8-9,11-15,17-18,20-22,25,28,31,34,37-65H2,1-3H3/b10-7-,19-16-,24-23-,27-26-,30-29-,33-32-,36-35-. The van der Waals surface area contributed by atoms with Gasteiger partial charge in [-0.1, -0.05) is 305 Å². The highest BCUT2D eigenvalue weighted by atomic mass is 16.6. The molecule has 1 unspecified atom stereocenters. The summed E-state index contributed by atoms with van der Waals surface area (Å²) in [6.45, 7) is 6.53. The van der Waals surface area contributed by atoms with E-state index in [2.05, 4.69) is 106 Å². The second-order valence-electron chi connectivity index (χ2n) is 21.3. The monoisotopic (exact) mass is 1040 g/mol. The largest absolute Gasteiger partial charge is 0.462 e. The van der Waals surface area contributed by atoms with Crippen molar-refractivity contribution in [3.05, 3.63) is 85.1 Å². The predicted molar refractivity (Wildman–Crippen MR) is 325 cm³/mol. The second kappa shape index (κ2) is 63.1. The van der Waals surface area contributed by atoms with E-state index >= 15 is 0 Å². The first-order valence-corrected chi connectivity index (χ1v) is 32.1. The average Bonchev–Trinajstić information content (AvgIpc) is 3.41. The fourth-order valence-electron chi connectivity index (χ4n) is 9.13. The lowest BCUT2D eigenvalue weighted by Gasteiger charge is -2.18. The van der Waals surface area contributed by atoms with Crippen molar-refractivity contribution in [2.45, 2.75) is 322 Å². The number of hydrogen-bond acceptors (Lipinski definition) is 6. The van der Waals surface area contributed by atoms with Crippen LogP contribution in [-0.2, 0) is 28.6 Å². The Hall–Kier alpha value is -3.41. The molecule has 0 bridgehead atoms. The van der Waals surface area contributed by atoms with E-state index in [4.69, 9.17) is 14.2 Å². The van der Waals surface area contributed by atoms with Gasteiger partial charge in [-0.2, -0.15) is 0 Å². The van der Waals surface area contributed by atoms with Gasteiger partial charge >= 0.3 is 17.9 Å². The third kappa shape index (κ3) is 61.3. The Bertz CT molecular complexity index is 1430. The van der Waals surface area contributed by atoms with E-state index in [0.717, 1.165) is 103 Å². The lowest BCUT2D eigenvalue weighted by Crippen LogP contribution is -2.30. The van der Waals surface area contributed by atoms with E-state index < -0.39 is 6.10 Å². The van der Waals surface area contributed by atoms with Gasteiger partial charge < -0.3 is 14.2 Å². The number of esters is 3. The molecule has 6 heteroatoms. The topological polar surface area (TPSA) is 78.9 Å². The van der Waals surface area contributed by atoms with Crippen LogP contribution >= 0.6 is 0 Å². The fourth-order valence-corrected chi connectivity index (χ4v) is 9.13.